The molecule has 220 valence electrons. The van der Waals surface area contributed by atoms with Crippen molar-refractivity contribution in [2.24, 2.45) is 11.7 Å². The molecular formula is C24H39N5O10. The first-order valence-corrected chi connectivity index (χ1v) is 12.7. The highest BCUT2D eigenvalue weighted by Crippen LogP contribution is 2.06. The molecule has 6 amide bonds. The molecule has 0 saturated heterocycles. The second-order valence-corrected chi connectivity index (χ2v) is 8.87. The minimum atomic E-state index is -1.23. The van der Waals surface area contributed by atoms with Gasteiger partial charge in [0.2, 0.25) is 11.8 Å². The molecule has 0 bridgehead atoms. The lowest BCUT2D eigenvalue weighted by Gasteiger charge is -2.24. The highest BCUT2D eigenvalue weighted by Gasteiger charge is 2.28. The Kier molecular flexibility index (Phi) is 16.0. The summed E-state index contributed by atoms with van der Waals surface area (Å²) >= 11 is 0. The Balaban J connectivity index is 2.18. The molecule has 15 nitrogen and oxygen atoms in total. The number of aliphatic carboxylic acids is 1. The third kappa shape index (κ3) is 14.2. The van der Waals surface area contributed by atoms with Crippen LogP contribution in [0.15, 0.2) is 12.2 Å². The van der Waals surface area contributed by atoms with E-state index >= 15 is 0 Å². The van der Waals surface area contributed by atoms with Gasteiger partial charge in [0, 0.05) is 25.1 Å². The number of carboxylic acids is 1. The van der Waals surface area contributed by atoms with Gasteiger partial charge in [0.15, 0.2) is 0 Å². The van der Waals surface area contributed by atoms with E-state index in [-0.39, 0.29) is 89.7 Å². The third-order valence-electron chi connectivity index (χ3n) is 5.43. The van der Waals surface area contributed by atoms with E-state index in [0.717, 1.165) is 4.90 Å². The summed E-state index contributed by atoms with van der Waals surface area (Å²) < 4.78 is 16.0. The monoisotopic (exact) mass is 557 g/mol. The Morgan fingerprint density at radius 3 is 2.03 bits per heavy atom. The van der Waals surface area contributed by atoms with Crippen molar-refractivity contribution in [3.05, 3.63) is 12.2 Å². The summed E-state index contributed by atoms with van der Waals surface area (Å²) in [6.07, 6.45) is 2.77. The molecule has 2 atom stereocenters. The van der Waals surface area contributed by atoms with Gasteiger partial charge in [0.1, 0.15) is 12.1 Å². The van der Waals surface area contributed by atoms with Crippen LogP contribution in [0.4, 0.5) is 4.79 Å². The number of hydrogen-bond donors (Lipinski definition) is 5. The van der Waals surface area contributed by atoms with Crippen LogP contribution in [-0.2, 0) is 38.2 Å². The van der Waals surface area contributed by atoms with Crippen LogP contribution in [-0.4, -0.2) is 110 Å². The number of rotatable bonds is 21. The first-order valence-electron chi connectivity index (χ1n) is 12.7. The average Bonchev–Trinajstić information content (AvgIpc) is 3.19. The van der Waals surface area contributed by atoms with E-state index in [1.807, 2.05) is 0 Å². The van der Waals surface area contributed by atoms with Gasteiger partial charge < -0.3 is 41.0 Å². The maximum Gasteiger partial charge on any atom is 0.326 e. The number of carbonyl (C=O) groups is 6. The fourth-order valence-electron chi connectivity index (χ4n) is 3.33. The normalized spacial score (nSPS) is 14.4. The van der Waals surface area contributed by atoms with Crippen molar-refractivity contribution in [3.8, 4) is 0 Å². The van der Waals surface area contributed by atoms with Crippen molar-refractivity contribution in [2.75, 3.05) is 52.7 Å². The molecule has 0 aromatic rings. The number of ether oxygens (including phenoxy) is 3. The predicted molar refractivity (Wildman–Crippen MR) is 136 cm³/mol. The highest BCUT2D eigenvalue weighted by atomic mass is 16.5. The second-order valence-electron chi connectivity index (χ2n) is 8.87. The maximum absolute atomic E-state index is 12.6. The zero-order valence-corrected chi connectivity index (χ0v) is 22.3. The minimum absolute atomic E-state index is 0.0104. The molecule has 0 aliphatic carbocycles. The fourth-order valence-corrected chi connectivity index (χ4v) is 3.33. The van der Waals surface area contributed by atoms with Gasteiger partial charge in [-0.25, -0.2) is 9.59 Å². The summed E-state index contributed by atoms with van der Waals surface area (Å²) in [6.45, 7) is 5.13. The number of carboxylic acid groups (broad SMARTS) is 1. The molecule has 6 N–H and O–H groups in total. The smallest absolute Gasteiger partial charge is 0.326 e. The topological polar surface area (TPSA) is 216 Å². The molecule has 0 aromatic heterocycles. The van der Waals surface area contributed by atoms with E-state index in [1.165, 1.54) is 12.2 Å². The van der Waals surface area contributed by atoms with Crippen molar-refractivity contribution >= 4 is 35.6 Å². The second kappa shape index (κ2) is 18.7. The number of nitrogens with two attached hydrogens (primary N) is 1. The third-order valence-corrected chi connectivity index (χ3v) is 5.43. The van der Waals surface area contributed by atoms with Gasteiger partial charge >= 0.3 is 12.0 Å². The van der Waals surface area contributed by atoms with E-state index in [2.05, 4.69) is 16.0 Å². The minimum Gasteiger partial charge on any atom is -0.480 e. The Hall–Kier alpha value is -3.56. The standard InChI is InChI=1S/C24H39N5O10/c1-16(2)21(22(33)27-17(23(34)35)4-3-8-26-24(25)36)28-18(30)7-10-37-12-14-39-15-13-38-11-9-29-19(31)5-6-20(29)32/h5-6,16-17,21H,3-4,7-15H2,1-2H3,(H,27,33)(H,28,30)(H,34,35)(H3,25,26,36)/t17-,21-/m1/s1. The number of amides is 6. The summed E-state index contributed by atoms with van der Waals surface area (Å²) in [5.74, 6) is -3.30. The van der Waals surface area contributed by atoms with E-state index in [0.29, 0.717) is 0 Å². The molecule has 39 heavy (non-hydrogen) atoms. The Morgan fingerprint density at radius 1 is 0.923 bits per heavy atom. The molecular weight excluding hydrogens is 518 g/mol. The molecule has 1 rings (SSSR count). The molecule has 1 aliphatic rings. The number of hydrogen-bond acceptors (Lipinski definition) is 9. The van der Waals surface area contributed by atoms with Crippen LogP contribution in [0.3, 0.4) is 0 Å². The summed E-state index contributed by atoms with van der Waals surface area (Å²) in [5.41, 5.74) is 4.96. The van der Waals surface area contributed by atoms with Crippen molar-refractivity contribution in [1.82, 2.24) is 20.9 Å². The van der Waals surface area contributed by atoms with Crippen molar-refractivity contribution in [3.63, 3.8) is 0 Å². The summed E-state index contributed by atoms with van der Waals surface area (Å²) in [4.78, 5) is 71.0. The summed E-state index contributed by atoms with van der Waals surface area (Å²) in [7, 11) is 0. The molecule has 1 heterocycles. The molecule has 0 aromatic carbocycles. The van der Waals surface area contributed by atoms with E-state index in [4.69, 9.17) is 19.9 Å². The van der Waals surface area contributed by atoms with Gasteiger partial charge in [-0.3, -0.25) is 24.1 Å². The van der Waals surface area contributed by atoms with Gasteiger partial charge in [-0.2, -0.15) is 0 Å². The van der Waals surface area contributed by atoms with Crippen molar-refractivity contribution in [1.29, 1.82) is 0 Å². The molecule has 0 saturated carbocycles. The number of primary amides is 1. The Labute approximate surface area is 226 Å². The van der Waals surface area contributed by atoms with Gasteiger partial charge in [0.25, 0.3) is 11.8 Å². The SMILES string of the molecule is CC(C)[C@@H](NC(=O)CCOCCOCCOCCN1C(=O)C=CC1=O)C(=O)N[C@H](CCCNC(N)=O)C(=O)O. The van der Waals surface area contributed by atoms with Crippen LogP contribution in [0.25, 0.3) is 0 Å². The van der Waals surface area contributed by atoms with Crippen LogP contribution in [0.2, 0.25) is 0 Å². The first kappa shape index (κ1) is 33.5. The molecule has 0 radical (unpaired) electrons. The number of imide groups is 1. The molecule has 0 fully saturated rings. The van der Waals surface area contributed by atoms with E-state index in [1.54, 1.807) is 13.8 Å². The van der Waals surface area contributed by atoms with Gasteiger partial charge in [-0.1, -0.05) is 13.8 Å². The lowest BCUT2D eigenvalue weighted by atomic mass is 10.0. The highest BCUT2D eigenvalue weighted by molar-refractivity contribution is 6.12. The summed E-state index contributed by atoms with van der Waals surface area (Å²) in [6, 6.07) is -2.85. The number of carbonyl (C=O) groups excluding carboxylic acids is 5. The Bertz CT molecular complexity index is 861. The van der Waals surface area contributed by atoms with Crippen LogP contribution in [0.5, 0.6) is 0 Å². The quantitative estimate of drug-likeness (QED) is 0.0814. The van der Waals surface area contributed by atoms with Crippen LogP contribution in [0.1, 0.15) is 33.1 Å². The lowest BCUT2D eigenvalue weighted by Crippen LogP contribution is -2.53. The average molecular weight is 558 g/mol. The van der Waals surface area contributed by atoms with Gasteiger partial charge in [-0.05, 0) is 18.8 Å². The fraction of sp³-hybridized carbons (Fsp3) is 0.667. The lowest BCUT2D eigenvalue weighted by molar-refractivity contribution is -0.142. The van der Waals surface area contributed by atoms with Crippen molar-refractivity contribution < 1.29 is 48.1 Å². The van der Waals surface area contributed by atoms with E-state index < -0.39 is 35.9 Å². The largest absolute Gasteiger partial charge is 0.480 e. The molecule has 15 heteroatoms. The zero-order valence-electron chi connectivity index (χ0n) is 22.3. The zero-order chi connectivity index (χ0) is 29.2. The molecule has 0 unspecified atom stereocenters. The van der Waals surface area contributed by atoms with Gasteiger partial charge in [0.05, 0.1) is 46.2 Å². The van der Waals surface area contributed by atoms with Crippen LogP contribution >= 0.6 is 0 Å². The first-order chi connectivity index (χ1) is 18.5. The number of urea groups is 1. The van der Waals surface area contributed by atoms with Crippen LogP contribution < -0.4 is 21.7 Å². The maximum atomic E-state index is 12.6. The molecule has 1 aliphatic heterocycles. The molecule has 0 spiro atoms. The summed E-state index contributed by atoms with van der Waals surface area (Å²) in [5, 5.41) is 16.8. The van der Waals surface area contributed by atoms with Crippen LogP contribution in [0, 0.1) is 5.92 Å². The number of nitrogens with one attached hydrogen (secondary N) is 3. The Morgan fingerprint density at radius 2 is 1.49 bits per heavy atom. The van der Waals surface area contributed by atoms with Gasteiger partial charge in [-0.15, -0.1) is 0 Å². The van der Waals surface area contributed by atoms with Crippen molar-refractivity contribution in [2.45, 2.75) is 45.2 Å². The van der Waals surface area contributed by atoms with E-state index in [9.17, 15) is 33.9 Å². The number of nitrogens with zero attached hydrogens (tertiary/aromatic N) is 1. The predicted octanol–water partition coefficient (Wildman–Crippen LogP) is -1.49.